The van der Waals surface area contributed by atoms with Crippen LogP contribution in [0.25, 0.3) is 0 Å². The van der Waals surface area contributed by atoms with E-state index in [1.807, 2.05) is 43.3 Å². The number of nitrogens with zero attached hydrogens (tertiary/aromatic N) is 1. The third kappa shape index (κ3) is 5.04. The maximum absolute atomic E-state index is 11.8. The Hall–Kier alpha value is -2.07. The fourth-order valence-corrected chi connectivity index (χ4v) is 1.88. The zero-order valence-electron chi connectivity index (χ0n) is 13.0. The van der Waals surface area contributed by atoms with Gasteiger partial charge in [-0.15, -0.1) is 12.4 Å². The molecule has 0 aliphatic heterocycles. The second-order valence-corrected chi connectivity index (χ2v) is 5.23. The lowest BCUT2D eigenvalue weighted by atomic mass is 10.0. The number of anilines is 1. The Kier molecular flexibility index (Phi) is 6.86. The first kappa shape index (κ1) is 18.0. The summed E-state index contributed by atoms with van der Waals surface area (Å²) >= 11 is 0. The molecule has 1 heterocycles. The molecule has 1 aromatic carbocycles. The monoisotopic (exact) mass is 320 g/mol. The summed E-state index contributed by atoms with van der Waals surface area (Å²) in [7, 11) is 0. The number of benzene rings is 1. The van der Waals surface area contributed by atoms with Crippen molar-refractivity contribution in [3.05, 3.63) is 53.7 Å². The van der Waals surface area contributed by atoms with Crippen LogP contribution in [0.5, 0.6) is 5.75 Å². The minimum atomic E-state index is -0.218. The molecular formula is C17H21ClN2O2. The number of hydrogen-bond acceptors (Lipinski definition) is 3. The molecule has 1 N–H and O–H groups in total. The second-order valence-electron chi connectivity index (χ2n) is 5.23. The molecule has 0 aliphatic carbocycles. The van der Waals surface area contributed by atoms with Crippen LogP contribution in [0.3, 0.4) is 0 Å². The highest BCUT2D eigenvalue weighted by atomic mass is 35.5. The predicted octanol–water partition coefficient (Wildman–Crippen LogP) is 3.95. The molecule has 2 aromatic rings. The zero-order valence-corrected chi connectivity index (χ0v) is 13.8. The molecule has 1 amide bonds. The number of rotatable bonds is 5. The van der Waals surface area contributed by atoms with E-state index in [-0.39, 0.29) is 24.9 Å². The van der Waals surface area contributed by atoms with Crippen molar-refractivity contribution in [3.8, 4) is 5.75 Å². The largest absolute Gasteiger partial charge is 0.484 e. The number of aromatic nitrogens is 1. The highest BCUT2D eigenvalue weighted by Crippen LogP contribution is 2.18. The molecule has 0 atom stereocenters. The number of carbonyl (C=O) groups excluding carboxylic acids is 1. The van der Waals surface area contributed by atoms with Crippen molar-refractivity contribution in [1.29, 1.82) is 0 Å². The van der Waals surface area contributed by atoms with Gasteiger partial charge < -0.3 is 10.1 Å². The molecule has 0 spiro atoms. The average Bonchev–Trinajstić information content (AvgIpc) is 2.48. The molecule has 0 bridgehead atoms. The molecule has 4 nitrogen and oxygen atoms in total. The van der Waals surface area contributed by atoms with Crippen LogP contribution in [0.1, 0.15) is 30.9 Å². The van der Waals surface area contributed by atoms with Crippen molar-refractivity contribution in [2.75, 3.05) is 11.9 Å². The van der Waals surface area contributed by atoms with Gasteiger partial charge in [0, 0.05) is 6.20 Å². The molecule has 0 saturated heterocycles. The van der Waals surface area contributed by atoms with Gasteiger partial charge in [-0.2, -0.15) is 0 Å². The van der Waals surface area contributed by atoms with Crippen molar-refractivity contribution in [3.63, 3.8) is 0 Å². The smallest absolute Gasteiger partial charge is 0.263 e. The molecule has 0 radical (unpaired) electrons. The first-order chi connectivity index (χ1) is 10.1. The van der Waals surface area contributed by atoms with Gasteiger partial charge in [-0.05, 0) is 42.2 Å². The summed E-state index contributed by atoms with van der Waals surface area (Å²) in [5.74, 6) is 1.52. The fourth-order valence-electron chi connectivity index (χ4n) is 1.88. The van der Waals surface area contributed by atoms with Crippen LogP contribution in [0, 0.1) is 6.92 Å². The summed E-state index contributed by atoms with van der Waals surface area (Å²) in [6.45, 7) is 6.14. The topological polar surface area (TPSA) is 51.2 Å². The average molecular weight is 321 g/mol. The minimum Gasteiger partial charge on any atom is -0.484 e. The van der Waals surface area contributed by atoms with Gasteiger partial charge in [0.1, 0.15) is 11.6 Å². The Morgan fingerprint density at radius 3 is 2.50 bits per heavy atom. The third-order valence-corrected chi connectivity index (χ3v) is 3.18. The van der Waals surface area contributed by atoms with Crippen LogP contribution in [-0.4, -0.2) is 17.5 Å². The highest BCUT2D eigenvalue weighted by molar-refractivity contribution is 5.91. The van der Waals surface area contributed by atoms with Crippen LogP contribution >= 0.6 is 12.4 Å². The van der Waals surface area contributed by atoms with Gasteiger partial charge in [-0.3, -0.25) is 4.79 Å². The molecule has 0 unspecified atom stereocenters. The Morgan fingerprint density at radius 2 is 1.91 bits per heavy atom. The van der Waals surface area contributed by atoms with Gasteiger partial charge in [0.15, 0.2) is 6.61 Å². The molecule has 0 saturated carbocycles. The van der Waals surface area contributed by atoms with E-state index >= 15 is 0 Å². The summed E-state index contributed by atoms with van der Waals surface area (Å²) in [4.78, 5) is 16.0. The van der Waals surface area contributed by atoms with Crippen LogP contribution in [0.4, 0.5) is 5.82 Å². The maximum atomic E-state index is 11.8. The number of halogens is 1. The van der Waals surface area contributed by atoms with Crippen LogP contribution in [-0.2, 0) is 4.79 Å². The Balaban J connectivity index is 0.00000242. The first-order valence-corrected chi connectivity index (χ1v) is 7.00. The van der Waals surface area contributed by atoms with Crippen molar-refractivity contribution in [2.45, 2.75) is 26.7 Å². The Bertz CT molecular complexity index is 612. The van der Waals surface area contributed by atoms with Gasteiger partial charge in [0.2, 0.25) is 0 Å². The number of carbonyl (C=O) groups is 1. The number of ether oxygens (including phenoxy) is 1. The zero-order chi connectivity index (χ0) is 15.2. The predicted molar refractivity (Wildman–Crippen MR) is 90.9 cm³/mol. The van der Waals surface area contributed by atoms with Gasteiger partial charge in [-0.25, -0.2) is 4.98 Å². The molecule has 118 valence electrons. The molecular weight excluding hydrogens is 300 g/mol. The van der Waals surface area contributed by atoms with Gasteiger partial charge >= 0.3 is 0 Å². The molecule has 2 rings (SSSR count). The molecule has 5 heteroatoms. The number of pyridine rings is 1. The lowest BCUT2D eigenvalue weighted by Crippen LogP contribution is -2.21. The van der Waals surface area contributed by atoms with E-state index in [1.165, 1.54) is 5.56 Å². The summed E-state index contributed by atoms with van der Waals surface area (Å²) in [6, 6.07) is 11.5. The maximum Gasteiger partial charge on any atom is 0.263 e. The van der Waals surface area contributed by atoms with E-state index < -0.39 is 0 Å². The van der Waals surface area contributed by atoms with E-state index in [0.717, 1.165) is 5.56 Å². The van der Waals surface area contributed by atoms with E-state index in [1.54, 1.807) is 6.20 Å². The van der Waals surface area contributed by atoms with Crippen molar-refractivity contribution in [1.82, 2.24) is 4.98 Å². The van der Waals surface area contributed by atoms with Crippen LogP contribution < -0.4 is 10.1 Å². The first-order valence-electron chi connectivity index (χ1n) is 7.00. The van der Waals surface area contributed by atoms with Crippen molar-refractivity contribution >= 4 is 24.1 Å². The van der Waals surface area contributed by atoms with Gasteiger partial charge in [0.25, 0.3) is 5.91 Å². The van der Waals surface area contributed by atoms with Crippen molar-refractivity contribution in [2.24, 2.45) is 0 Å². The fraction of sp³-hybridized carbons (Fsp3) is 0.294. The molecule has 1 aromatic heterocycles. The summed E-state index contributed by atoms with van der Waals surface area (Å²) < 4.78 is 5.47. The Morgan fingerprint density at radius 1 is 1.23 bits per heavy atom. The van der Waals surface area contributed by atoms with Crippen molar-refractivity contribution < 1.29 is 9.53 Å². The van der Waals surface area contributed by atoms with Crippen LogP contribution in [0.15, 0.2) is 42.6 Å². The highest BCUT2D eigenvalue weighted by Gasteiger charge is 2.06. The SMILES string of the molecule is Cc1cccnc1NC(=O)COc1ccc(C(C)C)cc1.Cl. The van der Waals surface area contributed by atoms with E-state index in [9.17, 15) is 4.79 Å². The number of nitrogens with one attached hydrogen (secondary N) is 1. The summed E-state index contributed by atoms with van der Waals surface area (Å²) in [5.41, 5.74) is 2.17. The molecule has 22 heavy (non-hydrogen) atoms. The Labute approximate surface area is 137 Å². The third-order valence-electron chi connectivity index (χ3n) is 3.18. The van der Waals surface area contributed by atoms with E-state index in [0.29, 0.717) is 17.5 Å². The molecule has 0 fully saturated rings. The number of amides is 1. The standard InChI is InChI=1S/C17H20N2O2.ClH/c1-12(2)14-6-8-15(9-7-14)21-11-16(20)19-17-13(3)5-4-10-18-17;/h4-10,12H,11H2,1-3H3,(H,18,19,20);1H. The summed E-state index contributed by atoms with van der Waals surface area (Å²) in [6.07, 6.45) is 1.65. The number of hydrogen-bond donors (Lipinski definition) is 1. The van der Waals surface area contributed by atoms with Gasteiger partial charge in [-0.1, -0.05) is 32.0 Å². The van der Waals surface area contributed by atoms with E-state index in [4.69, 9.17) is 4.74 Å². The normalized spacial score (nSPS) is 10.0. The second kappa shape index (κ2) is 8.39. The van der Waals surface area contributed by atoms with Gasteiger partial charge in [0.05, 0.1) is 0 Å². The lowest BCUT2D eigenvalue weighted by molar-refractivity contribution is -0.118. The van der Waals surface area contributed by atoms with E-state index in [2.05, 4.69) is 24.1 Å². The lowest BCUT2D eigenvalue weighted by Gasteiger charge is -2.10. The minimum absolute atomic E-state index is 0. The quantitative estimate of drug-likeness (QED) is 0.907. The molecule has 0 aliphatic rings. The number of aryl methyl sites for hydroxylation is 1. The summed E-state index contributed by atoms with van der Waals surface area (Å²) in [5, 5.41) is 2.74. The van der Waals surface area contributed by atoms with Crippen LogP contribution in [0.2, 0.25) is 0 Å².